The molecule has 1 aromatic rings. The Balaban J connectivity index is 1.86. The van der Waals surface area contributed by atoms with Gasteiger partial charge in [0.2, 0.25) is 0 Å². The summed E-state index contributed by atoms with van der Waals surface area (Å²) in [6.07, 6.45) is -0.222. The van der Waals surface area contributed by atoms with Crippen LogP contribution in [0.2, 0.25) is 0 Å². The lowest BCUT2D eigenvalue weighted by Gasteiger charge is -2.20. The Morgan fingerprint density at radius 1 is 1.40 bits per heavy atom. The number of nitrogens with one attached hydrogen (secondary N) is 1. The summed E-state index contributed by atoms with van der Waals surface area (Å²) < 4.78 is 16.0. The highest BCUT2D eigenvalue weighted by molar-refractivity contribution is 5.67. The SMILES string of the molecule is CC(C)(C)OC(=O)NCc1ccccc1OCC1CO1. The Morgan fingerprint density at radius 2 is 2.10 bits per heavy atom. The zero-order valence-electron chi connectivity index (χ0n) is 12.1. The van der Waals surface area contributed by atoms with Gasteiger partial charge < -0.3 is 19.5 Å². The minimum absolute atomic E-state index is 0.210. The van der Waals surface area contributed by atoms with Crippen LogP contribution in [-0.2, 0) is 16.0 Å². The van der Waals surface area contributed by atoms with Gasteiger partial charge in [-0.05, 0) is 26.8 Å². The average molecular weight is 279 g/mol. The Kier molecular flexibility index (Phi) is 4.49. The summed E-state index contributed by atoms with van der Waals surface area (Å²) in [4.78, 5) is 11.6. The number of hydrogen-bond donors (Lipinski definition) is 1. The van der Waals surface area contributed by atoms with Gasteiger partial charge in [-0.1, -0.05) is 18.2 Å². The van der Waals surface area contributed by atoms with E-state index in [1.54, 1.807) is 0 Å². The lowest BCUT2D eigenvalue weighted by Crippen LogP contribution is -2.32. The summed E-state index contributed by atoms with van der Waals surface area (Å²) in [5.74, 6) is 0.763. The third-order valence-electron chi connectivity index (χ3n) is 2.62. The molecule has 0 saturated carbocycles. The molecule has 1 fully saturated rings. The molecule has 1 unspecified atom stereocenters. The summed E-state index contributed by atoms with van der Waals surface area (Å²) in [6.45, 7) is 7.18. The molecule has 1 aliphatic heterocycles. The molecule has 0 aromatic heterocycles. The molecule has 1 N–H and O–H groups in total. The minimum Gasteiger partial charge on any atom is -0.490 e. The molecule has 5 nitrogen and oxygen atoms in total. The second kappa shape index (κ2) is 6.13. The molecule has 1 aliphatic rings. The maximum Gasteiger partial charge on any atom is 0.407 e. The van der Waals surface area contributed by atoms with E-state index in [9.17, 15) is 4.79 Å². The zero-order chi connectivity index (χ0) is 14.6. The maximum absolute atomic E-state index is 11.6. The Hall–Kier alpha value is -1.75. The standard InChI is InChI=1S/C15H21NO4/c1-15(2,3)20-14(17)16-8-11-6-4-5-7-13(11)19-10-12-9-18-12/h4-7,12H,8-10H2,1-3H3,(H,16,17). The molecule has 2 rings (SSSR count). The van der Waals surface area contributed by atoms with E-state index in [-0.39, 0.29) is 6.10 Å². The van der Waals surface area contributed by atoms with Crippen LogP contribution in [0.5, 0.6) is 5.75 Å². The molecule has 1 saturated heterocycles. The Labute approximate surface area is 119 Å². The number of epoxide rings is 1. The second-order valence-corrected chi connectivity index (χ2v) is 5.73. The molecular formula is C15H21NO4. The number of rotatable bonds is 5. The lowest BCUT2D eigenvalue weighted by molar-refractivity contribution is 0.0523. The van der Waals surface area contributed by atoms with Crippen LogP contribution in [0, 0.1) is 0 Å². The first kappa shape index (κ1) is 14.7. The van der Waals surface area contributed by atoms with Crippen LogP contribution in [0.4, 0.5) is 4.79 Å². The molecule has 0 aliphatic carbocycles. The number of carbonyl (C=O) groups is 1. The molecule has 110 valence electrons. The van der Waals surface area contributed by atoms with Crippen LogP contribution in [0.25, 0.3) is 0 Å². The van der Waals surface area contributed by atoms with Crippen LogP contribution < -0.4 is 10.1 Å². The Morgan fingerprint density at radius 3 is 2.75 bits per heavy atom. The van der Waals surface area contributed by atoms with Crippen LogP contribution >= 0.6 is 0 Å². The number of para-hydroxylation sites is 1. The highest BCUT2D eigenvalue weighted by Gasteiger charge is 2.23. The monoisotopic (exact) mass is 279 g/mol. The van der Waals surface area contributed by atoms with E-state index in [0.29, 0.717) is 13.2 Å². The van der Waals surface area contributed by atoms with Gasteiger partial charge in [0.15, 0.2) is 0 Å². The van der Waals surface area contributed by atoms with Gasteiger partial charge >= 0.3 is 6.09 Å². The van der Waals surface area contributed by atoms with Crippen molar-refractivity contribution in [2.75, 3.05) is 13.2 Å². The third-order valence-corrected chi connectivity index (χ3v) is 2.62. The smallest absolute Gasteiger partial charge is 0.407 e. The van der Waals surface area contributed by atoms with Gasteiger partial charge in [-0.2, -0.15) is 0 Å². The van der Waals surface area contributed by atoms with E-state index in [1.807, 2.05) is 45.0 Å². The van der Waals surface area contributed by atoms with Crippen LogP contribution in [0.15, 0.2) is 24.3 Å². The normalized spacial score (nSPS) is 17.4. The number of benzene rings is 1. The van der Waals surface area contributed by atoms with Crippen molar-refractivity contribution in [3.63, 3.8) is 0 Å². The van der Waals surface area contributed by atoms with Gasteiger partial charge in [-0.15, -0.1) is 0 Å². The molecule has 0 radical (unpaired) electrons. The molecule has 1 aromatic carbocycles. The van der Waals surface area contributed by atoms with Crippen molar-refractivity contribution < 1.29 is 19.0 Å². The largest absolute Gasteiger partial charge is 0.490 e. The van der Waals surface area contributed by atoms with Crippen molar-refractivity contribution in [3.8, 4) is 5.75 Å². The quantitative estimate of drug-likeness (QED) is 0.841. The molecule has 20 heavy (non-hydrogen) atoms. The summed E-state index contributed by atoms with van der Waals surface area (Å²) in [6, 6.07) is 7.61. The highest BCUT2D eigenvalue weighted by atomic mass is 16.6. The average Bonchev–Trinajstić information content (AvgIpc) is 3.17. The second-order valence-electron chi connectivity index (χ2n) is 5.73. The van der Waals surface area contributed by atoms with Crippen molar-refractivity contribution in [3.05, 3.63) is 29.8 Å². The molecule has 1 atom stereocenters. The first-order valence-electron chi connectivity index (χ1n) is 6.73. The van der Waals surface area contributed by atoms with Gasteiger partial charge in [0.05, 0.1) is 6.61 Å². The molecule has 1 heterocycles. The van der Waals surface area contributed by atoms with Gasteiger partial charge in [-0.25, -0.2) is 4.79 Å². The minimum atomic E-state index is -0.497. The highest BCUT2D eigenvalue weighted by Crippen LogP contribution is 2.20. The summed E-state index contributed by atoms with van der Waals surface area (Å²) in [5.41, 5.74) is 0.419. The number of ether oxygens (including phenoxy) is 3. The number of alkyl carbamates (subject to hydrolysis) is 1. The van der Waals surface area contributed by atoms with E-state index >= 15 is 0 Å². The summed E-state index contributed by atoms with van der Waals surface area (Å²) in [7, 11) is 0. The van der Waals surface area contributed by atoms with Gasteiger partial charge in [0.1, 0.15) is 24.1 Å². The summed E-state index contributed by atoms with van der Waals surface area (Å²) in [5, 5.41) is 2.73. The van der Waals surface area contributed by atoms with Crippen molar-refractivity contribution in [2.24, 2.45) is 0 Å². The van der Waals surface area contributed by atoms with Crippen molar-refractivity contribution in [1.29, 1.82) is 0 Å². The van der Waals surface area contributed by atoms with Gasteiger partial charge in [0.25, 0.3) is 0 Å². The third kappa shape index (κ3) is 5.09. The number of carbonyl (C=O) groups excluding carboxylic acids is 1. The number of amides is 1. The van der Waals surface area contributed by atoms with Crippen molar-refractivity contribution in [1.82, 2.24) is 5.32 Å². The molecule has 0 spiro atoms. The molecule has 5 heteroatoms. The van der Waals surface area contributed by atoms with E-state index in [4.69, 9.17) is 14.2 Å². The fraction of sp³-hybridized carbons (Fsp3) is 0.533. The first-order chi connectivity index (χ1) is 9.44. The van der Waals surface area contributed by atoms with Crippen LogP contribution in [-0.4, -0.2) is 31.0 Å². The number of hydrogen-bond acceptors (Lipinski definition) is 4. The predicted octanol–water partition coefficient (Wildman–Crippen LogP) is 2.49. The van der Waals surface area contributed by atoms with Gasteiger partial charge in [0, 0.05) is 12.1 Å². The molecular weight excluding hydrogens is 258 g/mol. The van der Waals surface area contributed by atoms with Crippen molar-refractivity contribution in [2.45, 2.75) is 39.0 Å². The first-order valence-corrected chi connectivity index (χ1v) is 6.73. The fourth-order valence-corrected chi connectivity index (χ4v) is 1.62. The molecule has 0 bridgehead atoms. The lowest BCUT2D eigenvalue weighted by atomic mass is 10.2. The van der Waals surface area contributed by atoms with Crippen LogP contribution in [0.3, 0.4) is 0 Å². The van der Waals surface area contributed by atoms with Crippen LogP contribution in [0.1, 0.15) is 26.3 Å². The zero-order valence-corrected chi connectivity index (χ0v) is 12.1. The topological polar surface area (TPSA) is 60.1 Å². The maximum atomic E-state index is 11.6. The Bertz CT molecular complexity index is 463. The molecule has 1 amide bonds. The van der Waals surface area contributed by atoms with E-state index in [0.717, 1.165) is 17.9 Å². The van der Waals surface area contributed by atoms with E-state index in [1.165, 1.54) is 0 Å². The van der Waals surface area contributed by atoms with Crippen molar-refractivity contribution >= 4 is 6.09 Å². The fourth-order valence-electron chi connectivity index (χ4n) is 1.62. The summed E-state index contributed by atoms with van der Waals surface area (Å²) >= 11 is 0. The predicted molar refractivity (Wildman–Crippen MR) is 74.8 cm³/mol. The van der Waals surface area contributed by atoms with E-state index in [2.05, 4.69) is 5.32 Å². The van der Waals surface area contributed by atoms with E-state index < -0.39 is 11.7 Å². The van der Waals surface area contributed by atoms with Gasteiger partial charge in [-0.3, -0.25) is 0 Å².